The third-order valence-electron chi connectivity index (χ3n) is 4.38. The van der Waals surface area contributed by atoms with Gasteiger partial charge < -0.3 is 9.47 Å². The summed E-state index contributed by atoms with van der Waals surface area (Å²) in [6, 6.07) is 18.5. The van der Waals surface area contributed by atoms with Crippen molar-refractivity contribution in [2.45, 2.75) is 32.0 Å². The first kappa shape index (κ1) is 18.1. The summed E-state index contributed by atoms with van der Waals surface area (Å²) in [7, 11) is 0. The summed E-state index contributed by atoms with van der Waals surface area (Å²) in [4.78, 5) is 26.5. The largest absolute Gasteiger partial charge is 0.465 e. The Bertz CT molecular complexity index is 732. The third kappa shape index (κ3) is 4.70. The van der Waals surface area contributed by atoms with Gasteiger partial charge in [0.2, 0.25) is 0 Å². The van der Waals surface area contributed by atoms with E-state index in [9.17, 15) is 9.59 Å². The van der Waals surface area contributed by atoms with Crippen molar-refractivity contribution < 1.29 is 19.1 Å². The summed E-state index contributed by atoms with van der Waals surface area (Å²) >= 11 is 0. The number of benzene rings is 2. The van der Waals surface area contributed by atoms with Gasteiger partial charge >= 0.3 is 11.9 Å². The average Bonchev–Trinajstić information content (AvgIpc) is 3.46. The van der Waals surface area contributed by atoms with E-state index < -0.39 is 6.04 Å². The molecule has 0 aliphatic carbocycles. The molecule has 136 valence electrons. The Morgan fingerprint density at radius 3 is 2.23 bits per heavy atom. The van der Waals surface area contributed by atoms with Crippen molar-refractivity contribution in [1.82, 2.24) is 4.90 Å². The van der Waals surface area contributed by atoms with Crippen LogP contribution in [0.1, 0.15) is 18.1 Å². The van der Waals surface area contributed by atoms with Crippen LogP contribution in [0.5, 0.6) is 0 Å². The van der Waals surface area contributed by atoms with Crippen LogP contribution in [0.15, 0.2) is 60.7 Å². The lowest BCUT2D eigenvalue weighted by Gasteiger charge is -2.17. The maximum absolute atomic E-state index is 12.4. The van der Waals surface area contributed by atoms with Crippen LogP contribution < -0.4 is 0 Å². The van der Waals surface area contributed by atoms with E-state index >= 15 is 0 Å². The van der Waals surface area contributed by atoms with Crippen LogP contribution in [0.3, 0.4) is 0 Å². The molecule has 5 nitrogen and oxygen atoms in total. The van der Waals surface area contributed by atoms with Crippen LogP contribution in [-0.4, -0.2) is 42.1 Å². The molecule has 2 aromatic carbocycles. The summed E-state index contributed by atoms with van der Waals surface area (Å²) in [5.41, 5.74) is 1.98. The first-order valence-electron chi connectivity index (χ1n) is 8.86. The van der Waals surface area contributed by atoms with Crippen molar-refractivity contribution in [3.05, 3.63) is 71.8 Å². The Labute approximate surface area is 153 Å². The lowest BCUT2D eigenvalue weighted by molar-refractivity contribution is -0.149. The molecule has 1 aliphatic rings. The van der Waals surface area contributed by atoms with E-state index in [-0.39, 0.29) is 24.6 Å². The van der Waals surface area contributed by atoms with E-state index in [1.165, 1.54) is 0 Å². The fourth-order valence-electron chi connectivity index (χ4n) is 2.94. The highest BCUT2D eigenvalue weighted by Crippen LogP contribution is 2.26. The van der Waals surface area contributed by atoms with Crippen LogP contribution in [0.25, 0.3) is 0 Å². The minimum Gasteiger partial charge on any atom is -0.465 e. The van der Waals surface area contributed by atoms with E-state index in [1.54, 1.807) is 6.92 Å². The number of carbonyl (C=O) groups excluding carboxylic acids is 2. The zero-order chi connectivity index (χ0) is 18.4. The van der Waals surface area contributed by atoms with Gasteiger partial charge in [-0.15, -0.1) is 0 Å². The number of carbonyl (C=O) groups is 2. The van der Waals surface area contributed by atoms with Crippen molar-refractivity contribution >= 4 is 11.9 Å². The number of hydrogen-bond acceptors (Lipinski definition) is 5. The molecule has 5 heteroatoms. The van der Waals surface area contributed by atoms with Gasteiger partial charge in [0.05, 0.1) is 6.61 Å². The summed E-state index contributed by atoms with van der Waals surface area (Å²) in [5.74, 6) is -0.592. The molecular weight excluding hydrogens is 330 g/mol. The maximum Gasteiger partial charge on any atom is 0.325 e. The van der Waals surface area contributed by atoms with Crippen LogP contribution in [0, 0.1) is 0 Å². The topological polar surface area (TPSA) is 55.6 Å². The normalized spacial score (nSPS) is 19.4. The SMILES string of the molecule is CCOC(=O)[C@@H](Cc1ccccc1)N1C[C@@H]1C(=O)OCc1ccccc1. The highest BCUT2D eigenvalue weighted by molar-refractivity contribution is 5.83. The molecule has 0 amide bonds. The Balaban J connectivity index is 1.59. The monoisotopic (exact) mass is 353 g/mol. The Hall–Kier alpha value is -2.66. The van der Waals surface area contributed by atoms with Gasteiger partial charge in [-0.25, -0.2) is 0 Å². The minimum absolute atomic E-state index is 0.243. The van der Waals surface area contributed by atoms with Gasteiger partial charge in [0.1, 0.15) is 18.7 Å². The standard InChI is InChI=1S/C21H23NO4/c1-2-25-20(23)18(13-16-9-5-3-6-10-16)22-14-19(22)21(24)26-15-17-11-7-4-8-12-17/h3-12,18-19H,2,13-15H2,1H3/t18-,19-,22?/m1/s1. The molecule has 0 N–H and O–H groups in total. The molecule has 0 spiro atoms. The fraction of sp³-hybridized carbons (Fsp3) is 0.333. The molecule has 3 atom stereocenters. The molecule has 26 heavy (non-hydrogen) atoms. The first-order chi connectivity index (χ1) is 12.7. The van der Waals surface area contributed by atoms with Crippen molar-refractivity contribution in [2.75, 3.05) is 13.2 Å². The van der Waals surface area contributed by atoms with Gasteiger partial charge in [0, 0.05) is 6.54 Å². The third-order valence-corrected chi connectivity index (χ3v) is 4.38. The molecule has 0 saturated carbocycles. The molecule has 1 saturated heterocycles. The Kier molecular flexibility index (Phi) is 6.02. The molecule has 0 aromatic heterocycles. The summed E-state index contributed by atoms with van der Waals surface area (Å²) < 4.78 is 10.6. The summed E-state index contributed by atoms with van der Waals surface area (Å²) in [6.07, 6.45) is 0.516. The number of nitrogens with zero attached hydrogens (tertiary/aromatic N) is 1. The molecule has 1 aliphatic heterocycles. The van der Waals surface area contributed by atoms with Crippen LogP contribution in [-0.2, 0) is 32.1 Å². The van der Waals surface area contributed by atoms with Gasteiger partial charge in [0.25, 0.3) is 0 Å². The van der Waals surface area contributed by atoms with Crippen molar-refractivity contribution in [3.8, 4) is 0 Å². The second kappa shape index (κ2) is 8.63. The van der Waals surface area contributed by atoms with Gasteiger partial charge in [0.15, 0.2) is 0 Å². The summed E-state index contributed by atoms with van der Waals surface area (Å²) in [6.45, 7) is 2.86. The predicted octanol–water partition coefficient (Wildman–Crippen LogP) is 2.59. The molecule has 1 heterocycles. The second-order valence-electron chi connectivity index (χ2n) is 6.26. The molecule has 0 radical (unpaired) electrons. The predicted molar refractivity (Wildman–Crippen MR) is 97.3 cm³/mol. The fourth-order valence-corrected chi connectivity index (χ4v) is 2.94. The number of hydrogen-bond donors (Lipinski definition) is 0. The molecule has 1 fully saturated rings. The van der Waals surface area contributed by atoms with E-state index in [4.69, 9.17) is 9.47 Å². The highest BCUT2D eigenvalue weighted by Gasteiger charge is 2.49. The van der Waals surface area contributed by atoms with Crippen LogP contribution in [0.2, 0.25) is 0 Å². The maximum atomic E-state index is 12.4. The van der Waals surface area contributed by atoms with Crippen molar-refractivity contribution in [1.29, 1.82) is 0 Å². The summed E-state index contributed by atoms with van der Waals surface area (Å²) in [5, 5.41) is 0. The van der Waals surface area contributed by atoms with Crippen LogP contribution >= 0.6 is 0 Å². The Morgan fingerprint density at radius 1 is 1.00 bits per heavy atom. The molecular formula is C21H23NO4. The van der Waals surface area contributed by atoms with E-state index in [0.717, 1.165) is 11.1 Å². The number of ether oxygens (including phenoxy) is 2. The van der Waals surface area contributed by atoms with Gasteiger partial charge in [-0.2, -0.15) is 0 Å². The number of esters is 2. The van der Waals surface area contributed by atoms with Gasteiger partial charge in [-0.3, -0.25) is 14.5 Å². The highest BCUT2D eigenvalue weighted by atomic mass is 16.5. The average molecular weight is 353 g/mol. The van der Waals surface area contributed by atoms with Crippen molar-refractivity contribution in [2.24, 2.45) is 0 Å². The van der Waals surface area contributed by atoms with Crippen molar-refractivity contribution in [3.63, 3.8) is 0 Å². The lowest BCUT2D eigenvalue weighted by atomic mass is 10.1. The molecule has 3 rings (SSSR count). The van der Waals surface area contributed by atoms with Gasteiger partial charge in [-0.05, 0) is 24.5 Å². The van der Waals surface area contributed by atoms with E-state index in [1.807, 2.05) is 65.6 Å². The van der Waals surface area contributed by atoms with Gasteiger partial charge in [-0.1, -0.05) is 60.7 Å². The van der Waals surface area contributed by atoms with Crippen LogP contribution in [0.4, 0.5) is 0 Å². The minimum atomic E-state index is -0.466. The molecule has 1 unspecified atom stereocenters. The molecule has 2 aromatic rings. The Morgan fingerprint density at radius 2 is 1.62 bits per heavy atom. The smallest absolute Gasteiger partial charge is 0.325 e. The lowest BCUT2D eigenvalue weighted by Crippen LogP contribution is -2.35. The van der Waals surface area contributed by atoms with E-state index in [0.29, 0.717) is 19.6 Å². The second-order valence-corrected chi connectivity index (χ2v) is 6.26. The quantitative estimate of drug-likeness (QED) is 0.539. The zero-order valence-electron chi connectivity index (χ0n) is 14.8. The number of rotatable bonds is 8. The first-order valence-corrected chi connectivity index (χ1v) is 8.86. The molecule has 0 bridgehead atoms. The zero-order valence-corrected chi connectivity index (χ0v) is 14.8. The van der Waals surface area contributed by atoms with E-state index in [2.05, 4.69) is 0 Å².